The normalized spacial score (nSPS) is 12.8. The van der Waals surface area contributed by atoms with Crippen LogP contribution in [-0.2, 0) is 10.1 Å². The number of fused-ring (bicyclic) bond motifs is 2. The van der Waals surface area contributed by atoms with Gasteiger partial charge in [-0.25, -0.2) is 0 Å². The molecule has 3 aromatic rings. The van der Waals surface area contributed by atoms with Crippen LogP contribution in [0.5, 0.6) is 0 Å². The van der Waals surface area contributed by atoms with Crippen LogP contribution in [0.25, 0.3) is 11.1 Å². The van der Waals surface area contributed by atoms with Gasteiger partial charge in [-0.3, -0.25) is 14.1 Å². The summed E-state index contributed by atoms with van der Waals surface area (Å²) in [6.45, 7) is 5.61. The second-order valence-corrected chi connectivity index (χ2v) is 8.93. The summed E-state index contributed by atoms with van der Waals surface area (Å²) >= 11 is 0. The van der Waals surface area contributed by atoms with E-state index in [0.717, 1.165) is 16.7 Å². The summed E-state index contributed by atoms with van der Waals surface area (Å²) in [6.07, 6.45) is 0. The zero-order valence-corrected chi connectivity index (χ0v) is 17.4. The van der Waals surface area contributed by atoms with E-state index < -0.39 is 32.3 Å². The molecule has 0 heterocycles. The number of nitrogens with two attached hydrogens (primary N) is 1. The molecule has 0 amide bonds. The van der Waals surface area contributed by atoms with Crippen LogP contribution in [0.2, 0.25) is 0 Å². The number of carbonyl (C=O) groups excluding carboxylic acids is 2. The van der Waals surface area contributed by atoms with Crippen molar-refractivity contribution in [3.63, 3.8) is 0 Å². The van der Waals surface area contributed by atoms with Gasteiger partial charge in [-0.1, -0.05) is 42.0 Å². The van der Waals surface area contributed by atoms with Gasteiger partial charge in [0.15, 0.2) is 11.6 Å². The van der Waals surface area contributed by atoms with E-state index in [2.05, 4.69) is 0 Å². The van der Waals surface area contributed by atoms with Gasteiger partial charge in [0.1, 0.15) is 4.90 Å². The van der Waals surface area contributed by atoms with Gasteiger partial charge in [-0.05, 0) is 49.1 Å². The number of rotatable bonds is 2. The minimum absolute atomic E-state index is 0. The second-order valence-electron chi connectivity index (χ2n) is 7.54. The zero-order chi connectivity index (χ0) is 22.0. The molecule has 3 N–H and O–H groups in total. The molecule has 1 aliphatic carbocycles. The fourth-order valence-electron chi connectivity index (χ4n) is 4.31. The molecular formula is C23H20NNaO5S. The Balaban J connectivity index is 0.00000272. The van der Waals surface area contributed by atoms with E-state index in [9.17, 15) is 22.6 Å². The summed E-state index contributed by atoms with van der Waals surface area (Å²) in [7, 11) is -4.74. The van der Waals surface area contributed by atoms with Crippen LogP contribution in [0, 0.1) is 20.8 Å². The SMILES string of the molecule is Cc1cc(C)c(-c2cc(S(=O)(=O)O)c(N)c3c2C(=O)c2ccccc2C3=O)c(C)c1.[NaH]. The predicted molar refractivity (Wildman–Crippen MR) is 121 cm³/mol. The van der Waals surface area contributed by atoms with Gasteiger partial charge < -0.3 is 5.73 Å². The number of carbonyl (C=O) groups is 2. The van der Waals surface area contributed by atoms with Gasteiger partial charge in [0.05, 0.1) is 11.3 Å². The van der Waals surface area contributed by atoms with Crippen LogP contribution < -0.4 is 5.73 Å². The van der Waals surface area contributed by atoms with Crippen molar-refractivity contribution < 1.29 is 22.6 Å². The van der Waals surface area contributed by atoms with E-state index >= 15 is 0 Å². The molecule has 1 aliphatic rings. The van der Waals surface area contributed by atoms with Crippen LogP contribution in [0.3, 0.4) is 0 Å². The summed E-state index contributed by atoms with van der Waals surface area (Å²) in [5.41, 5.74) is 9.36. The number of aryl methyl sites for hydroxylation is 3. The summed E-state index contributed by atoms with van der Waals surface area (Å²) in [5.74, 6) is -0.963. The van der Waals surface area contributed by atoms with E-state index in [1.165, 1.54) is 12.1 Å². The second kappa shape index (κ2) is 8.00. The van der Waals surface area contributed by atoms with Crippen molar-refractivity contribution in [3.05, 3.63) is 81.4 Å². The molecule has 0 saturated heterocycles. The molecule has 0 atom stereocenters. The number of benzene rings is 3. The van der Waals surface area contributed by atoms with E-state index in [-0.39, 0.29) is 57.4 Å². The monoisotopic (exact) mass is 445 g/mol. The number of hydrogen-bond donors (Lipinski definition) is 2. The van der Waals surface area contributed by atoms with Crippen LogP contribution in [0.15, 0.2) is 47.4 Å². The van der Waals surface area contributed by atoms with Crippen LogP contribution in [-0.4, -0.2) is 54.1 Å². The first-order valence-electron chi connectivity index (χ1n) is 9.23. The maximum atomic E-state index is 13.4. The Hall–Kier alpha value is -2.29. The molecule has 3 aromatic carbocycles. The van der Waals surface area contributed by atoms with Gasteiger partial charge in [-0.2, -0.15) is 8.42 Å². The third-order valence-corrected chi connectivity index (χ3v) is 6.32. The predicted octanol–water partition coefficient (Wildman–Crippen LogP) is 3.23. The van der Waals surface area contributed by atoms with Crippen molar-refractivity contribution in [2.45, 2.75) is 25.7 Å². The standard InChI is InChI=1S/C23H19NO5S.Na.H/c1-11-8-12(2)18(13(3)9-11)16-10-17(30(27,28)29)21(24)20-19(16)22(25)14-6-4-5-7-15(14)23(20)26;;/h4-10H,24H2,1-3H3,(H,27,28,29);;. The summed E-state index contributed by atoms with van der Waals surface area (Å²) in [4.78, 5) is 26.1. The fourth-order valence-corrected chi connectivity index (χ4v) is 4.96. The average molecular weight is 445 g/mol. The molecule has 0 aromatic heterocycles. The molecular weight excluding hydrogens is 425 g/mol. The third kappa shape index (κ3) is 3.66. The molecule has 0 aliphatic heterocycles. The molecule has 31 heavy (non-hydrogen) atoms. The summed E-state index contributed by atoms with van der Waals surface area (Å²) in [5, 5.41) is 0. The molecule has 0 radical (unpaired) electrons. The summed E-state index contributed by atoms with van der Waals surface area (Å²) < 4.78 is 33.9. The first-order valence-corrected chi connectivity index (χ1v) is 10.7. The molecule has 0 spiro atoms. The molecule has 0 fully saturated rings. The Labute approximate surface area is 202 Å². The molecule has 8 heteroatoms. The first-order chi connectivity index (χ1) is 14.0. The van der Waals surface area contributed by atoms with Gasteiger partial charge in [-0.15, -0.1) is 0 Å². The molecule has 0 bridgehead atoms. The van der Waals surface area contributed by atoms with Crippen molar-refractivity contribution in [1.29, 1.82) is 0 Å². The van der Waals surface area contributed by atoms with Crippen LogP contribution >= 0.6 is 0 Å². The Morgan fingerprint density at radius 2 is 1.26 bits per heavy atom. The number of anilines is 1. The van der Waals surface area contributed by atoms with Crippen molar-refractivity contribution in [2.24, 2.45) is 0 Å². The molecule has 6 nitrogen and oxygen atoms in total. The Bertz CT molecular complexity index is 1370. The van der Waals surface area contributed by atoms with Gasteiger partial charge in [0.2, 0.25) is 0 Å². The Morgan fingerprint density at radius 1 is 0.774 bits per heavy atom. The summed E-state index contributed by atoms with van der Waals surface area (Å²) in [6, 6.07) is 11.3. The van der Waals surface area contributed by atoms with E-state index in [4.69, 9.17) is 5.73 Å². The fraction of sp³-hybridized carbons (Fsp3) is 0.130. The quantitative estimate of drug-likeness (QED) is 0.278. The topological polar surface area (TPSA) is 115 Å². The van der Waals surface area contributed by atoms with E-state index in [0.29, 0.717) is 5.56 Å². The van der Waals surface area contributed by atoms with Crippen molar-refractivity contribution in [1.82, 2.24) is 0 Å². The molecule has 0 saturated carbocycles. The molecule has 154 valence electrons. The molecule has 0 unspecified atom stereocenters. The van der Waals surface area contributed by atoms with Crippen LogP contribution in [0.1, 0.15) is 48.5 Å². The maximum absolute atomic E-state index is 13.4. The number of hydrogen-bond acceptors (Lipinski definition) is 5. The van der Waals surface area contributed by atoms with E-state index in [1.54, 1.807) is 18.2 Å². The first kappa shape index (κ1) is 23.4. The van der Waals surface area contributed by atoms with Crippen molar-refractivity contribution >= 4 is 56.9 Å². The Morgan fingerprint density at radius 3 is 1.74 bits per heavy atom. The van der Waals surface area contributed by atoms with Gasteiger partial charge in [0.25, 0.3) is 10.1 Å². The van der Waals surface area contributed by atoms with Crippen molar-refractivity contribution in [3.8, 4) is 11.1 Å². The number of ketones is 2. The molecule has 4 rings (SSSR count). The van der Waals surface area contributed by atoms with Gasteiger partial charge in [0, 0.05) is 16.7 Å². The van der Waals surface area contributed by atoms with Gasteiger partial charge >= 0.3 is 29.6 Å². The third-order valence-electron chi connectivity index (χ3n) is 5.42. The zero-order valence-electron chi connectivity index (χ0n) is 16.6. The minimum atomic E-state index is -4.74. The van der Waals surface area contributed by atoms with E-state index in [1.807, 2.05) is 32.9 Å². The van der Waals surface area contributed by atoms with Crippen LogP contribution in [0.4, 0.5) is 5.69 Å². The average Bonchev–Trinajstić information content (AvgIpc) is 2.65. The Kier molecular flexibility index (Phi) is 6.03. The number of nitrogen functional groups attached to an aromatic ring is 1. The van der Waals surface area contributed by atoms with Crippen molar-refractivity contribution in [2.75, 3.05) is 5.73 Å².